The van der Waals surface area contributed by atoms with E-state index in [-0.39, 0.29) is 0 Å². The largest absolute Gasteiger partial charge is 0.381 e. The predicted molar refractivity (Wildman–Crippen MR) is 56.2 cm³/mol. The summed E-state index contributed by atoms with van der Waals surface area (Å²) in [6.07, 6.45) is 2.38. The highest BCUT2D eigenvalue weighted by atomic mass is 35.5. The van der Waals surface area contributed by atoms with E-state index in [2.05, 4.69) is 6.92 Å². The molecule has 0 aliphatic carbocycles. The van der Waals surface area contributed by atoms with Gasteiger partial charge in [0.15, 0.2) is 0 Å². The van der Waals surface area contributed by atoms with Gasteiger partial charge in [0.25, 0.3) is 0 Å². The van der Waals surface area contributed by atoms with E-state index in [1.807, 2.05) is 11.8 Å². The van der Waals surface area contributed by atoms with Crippen molar-refractivity contribution in [1.29, 1.82) is 0 Å². The summed E-state index contributed by atoms with van der Waals surface area (Å²) >= 11 is 7.69. The van der Waals surface area contributed by atoms with Gasteiger partial charge in [0, 0.05) is 17.7 Å². The molecular formula is C9H17ClOS. The number of ether oxygens (including phenoxy) is 1. The molecule has 0 aromatic carbocycles. The van der Waals surface area contributed by atoms with Crippen molar-refractivity contribution in [3.05, 3.63) is 0 Å². The maximum absolute atomic E-state index is 5.65. The van der Waals surface area contributed by atoms with Gasteiger partial charge < -0.3 is 4.74 Å². The summed E-state index contributed by atoms with van der Waals surface area (Å²) in [6, 6.07) is 0. The summed E-state index contributed by atoms with van der Waals surface area (Å²) < 4.78 is 5.31. The monoisotopic (exact) mass is 208 g/mol. The molecule has 1 saturated heterocycles. The molecule has 2 atom stereocenters. The van der Waals surface area contributed by atoms with Crippen molar-refractivity contribution in [2.75, 3.05) is 24.8 Å². The van der Waals surface area contributed by atoms with Crippen LogP contribution >= 0.6 is 23.4 Å². The number of thioether (sulfide) groups is 1. The number of halogens is 1. The highest BCUT2D eigenvalue weighted by molar-refractivity contribution is 7.99. The Balaban J connectivity index is 1.99. The minimum atomic E-state index is 0.711. The van der Waals surface area contributed by atoms with Crippen molar-refractivity contribution >= 4 is 23.4 Å². The van der Waals surface area contributed by atoms with Crippen molar-refractivity contribution in [3.8, 4) is 0 Å². The van der Waals surface area contributed by atoms with Crippen LogP contribution in [-0.4, -0.2) is 30.1 Å². The molecule has 3 heteroatoms. The zero-order valence-corrected chi connectivity index (χ0v) is 9.16. The predicted octanol–water partition coefficient (Wildman–Crippen LogP) is 2.77. The molecule has 1 aliphatic rings. The van der Waals surface area contributed by atoms with Crippen LogP contribution in [0.25, 0.3) is 0 Å². The van der Waals surface area contributed by atoms with E-state index >= 15 is 0 Å². The SMILES string of the molecule is CC(CCCl)SCC1CCOC1. The Morgan fingerprint density at radius 1 is 1.67 bits per heavy atom. The van der Waals surface area contributed by atoms with Crippen LogP contribution in [0.5, 0.6) is 0 Å². The average Bonchev–Trinajstić information content (AvgIpc) is 2.53. The van der Waals surface area contributed by atoms with E-state index in [0.717, 1.165) is 31.4 Å². The van der Waals surface area contributed by atoms with E-state index in [1.165, 1.54) is 12.2 Å². The Morgan fingerprint density at radius 2 is 2.50 bits per heavy atom. The van der Waals surface area contributed by atoms with Gasteiger partial charge in [0.2, 0.25) is 0 Å². The minimum absolute atomic E-state index is 0.711. The van der Waals surface area contributed by atoms with Gasteiger partial charge in [-0.2, -0.15) is 11.8 Å². The zero-order chi connectivity index (χ0) is 8.81. The highest BCUT2D eigenvalue weighted by Crippen LogP contribution is 2.22. The van der Waals surface area contributed by atoms with Gasteiger partial charge in [-0.25, -0.2) is 0 Å². The van der Waals surface area contributed by atoms with Crippen molar-refractivity contribution < 1.29 is 4.74 Å². The van der Waals surface area contributed by atoms with Gasteiger partial charge in [0.1, 0.15) is 0 Å². The maximum Gasteiger partial charge on any atom is 0.0503 e. The fourth-order valence-electron chi connectivity index (χ4n) is 1.25. The lowest BCUT2D eigenvalue weighted by Gasteiger charge is -2.11. The summed E-state index contributed by atoms with van der Waals surface area (Å²) in [5.74, 6) is 2.83. The molecule has 1 fully saturated rings. The van der Waals surface area contributed by atoms with E-state index < -0.39 is 0 Å². The minimum Gasteiger partial charge on any atom is -0.381 e. The molecule has 1 rings (SSSR count). The van der Waals surface area contributed by atoms with Crippen LogP contribution in [0, 0.1) is 5.92 Å². The second-order valence-electron chi connectivity index (χ2n) is 3.35. The molecule has 1 nitrogen and oxygen atoms in total. The maximum atomic E-state index is 5.65. The summed E-state index contributed by atoms with van der Waals surface area (Å²) in [4.78, 5) is 0. The van der Waals surface area contributed by atoms with Gasteiger partial charge in [-0.1, -0.05) is 6.92 Å². The smallest absolute Gasteiger partial charge is 0.0503 e. The highest BCUT2D eigenvalue weighted by Gasteiger charge is 2.16. The Labute approximate surface area is 84.2 Å². The molecule has 0 aromatic heterocycles. The Kier molecular flexibility index (Phi) is 5.44. The topological polar surface area (TPSA) is 9.23 Å². The average molecular weight is 209 g/mol. The van der Waals surface area contributed by atoms with Gasteiger partial charge in [-0.15, -0.1) is 11.6 Å². The summed E-state index contributed by atoms with van der Waals surface area (Å²) in [5.41, 5.74) is 0. The molecule has 1 aliphatic heterocycles. The third-order valence-electron chi connectivity index (χ3n) is 2.16. The molecule has 12 heavy (non-hydrogen) atoms. The van der Waals surface area contributed by atoms with Gasteiger partial charge in [-0.05, 0) is 24.5 Å². The standard InChI is InChI=1S/C9H17ClOS/c1-8(2-4-10)12-7-9-3-5-11-6-9/h8-9H,2-7H2,1H3. The van der Waals surface area contributed by atoms with Crippen LogP contribution in [-0.2, 0) is 4.74 Å². The quantitative estimate of drug-likeness (QED) is 0.643. The summed E-state index contributed by atoms with van der Waals surface area (Å²) in [6.45, 7) is 4.19. The lowest BCUT2D eigenvalue weighted by Crippen LogP contribution is -2.07. The van der Waals surface area contributed by atoms with Crippen LogP contribution in [0.4, 0.5) is 0 Å². The van der Waals surface area contributed by atoms with Crippen molar-refractivity contribution in [1.82, 2.24) is 0 Å². The fourth-order valence-corrected chi connectivity index (χ4v) is 2.86. The van der Waals surface area contributed by atoms with Crippen molar-refractivity contribution in [3.63, 3.8) is 0 Å². The molecule has 0 spiro atoms. The lowest BCUT2D eigenvalue weighted by atomic mass is 10.2. The fraction of sp³-hybridized carbons (Fsp3) is 1.00. The van der Waals surface area contributed by atoms with E-state index in [1.54, 1.807) is 0 Å². The van der Waals surface area contributed by atoms with E-state index in [4.69, 9.17) is 16.3 Å². The number of rotatable bonds is 5. The first-order valence-electron chi connectivity index (χ1n) is 4.58. The lowest BCUT2D eigenvalue weighted by molar-refractivity contribution is 0.189. The van der Waals surface area contributed by atoms with Crippen LogP contribution in [0.15, 0.2) is 0 Å². The Morgan fingerprint density at radius 3 is 3.08 bits per heavy atom. The van der Waals surface area contributed by atoms with Crippen LogP contribution in [0.2, 0.25) is 0 Å². The van der Waals surface area contributed by atoms with Crippen LogP contribution in [0.1, 0.15) is 19.8 Å². The first kappa shape index (κ1) is 10.7. The molecule has 0 amide bonds. The summed E-state index contributed by atoms with van der Waals surface area (Å²) in [7, 11) is 0. The summed E-state index contributed by atoms with van der Waals surface area (Å²) in [5, 5.41) is 0.711. The molecule has 0 radical (unpaired) electrons. The van der Waals surface area contributed by atoms with Crippen molar-refractivity contribution in [2.45, 2.75) is 25.0 Å². The number of hydrogen-bond acceptors (Lipinski definition) is 2. The molecule has 1 heterocycles. The van der Waals surface area contributed by atoms with Gasteiger partial charge in [-0.3, -0.25) is 0 Å². The van der Waals surface area contributed by atoms with Gasteiger partial charge in [0.05, 0.1) is 6.61 Å². The van der Waals surface area contributed by atoms with E-state index in [0.29, 0.717) is 5.25 Å². The number of hydrogen-bond donors (Lipinski definition) is 0. The molecule has 0 aromatic rings. The molecule has 2 unspecified atom stereocenters. The van der Waals surface area contributed by atoms with Crippen molar-refractivity contribution in [2.24, 2.45) is 5.92 Å². The molecule has 0 saturated carbocycles. The third kappa shape index (κ3) is 4.01. The van der Waals surface area contributed by atoms with Crippen LogP contribution in [0.3, 0.4) is 0 Å². The van der Waals surface area contributed by atoms with E-state index in [9.17, 15) is 0 Å². The second kappa shape index (κ2) is 6.11. The second-order valence-corrected chi connectivity index (χ2v) is 5.20. The zero-order valence-electron chi connectivity index (χ0n) is 7.59. The van der Waals surface area contributed by atoms with Crippen LogP contribution < -0.4 is 0 Å². The third-order valence-corrected chi connectivity index (χ3v) is 3.84. The molecule has 0 bridgehead atoms. The Bertz CT molecular complexity index is 115. The first-order valence-corrected chi connectivity index (χ1v) is 6.16. The molecule has 0 N–H and O–H groups in total. The molecule has 72 valence electrons. The normalized spacial score (nSPS) is 26.0. The first-order chi connectivity index (χ1) is 5.83. The Hall–Kier alpha value is 0.600. The molecular weight excluding hydrogens is 192 g/mol. The van der Waals surface area contributed by atoms with Gasteiger partial charge >= 0.3 is 0 Å². The number of alkyl halides is 1.